The van der Waals surface area contributed by atoms with E-state index in [0.717, 1.165) is 5.56 Å². The van der Waals surface area contributed by atoms with Gasteiger partial charge < -0.3 is 15.0 Å². The standard InChI is InChI=1S/C25H24ClF3N4O3/c1-15(16-8-10-17(11-9-16)24(35)36-2)30-22(34)20-21(25(27,28)29)31-33-13-5-12-32(23(20)33)14-18-6-3-4-7-19(18)26/h3-4,6-11,15H,5,12-14H2,1-2H3,(H,30,34). The van der Waals surface area contributed by atoms with Gasteiger partial charge in [0, 0.05) is 24.7 Å². The summed E-state index contributed by atoms with van der Waals surface area (Å²) in [7, 11) is 1.26. The van der Waals surface area contributed by atoms with Crippen LogP contribution in [0.25, 0.3) is 0 Å². The second kappa shape index (κ2) is 10.2. The third-order valence-electron chi connectivity index (χ3n) is 6.02. The molecule has 0 saturated carbocycles. The number of anilines is 1. The first-order chi connectivity index (χ1) is 17.1. The van der Waals surface area contributed by atoms with Crippen LogP contribution in [0.3, 0.4) is 0 Å². The van der Waals surface area contributed by atoms with Gasteiger partial charge in [-0.2, -0.15) is 18.3 Å². The number of hydrogen-bond donors (Lipinski definition) is 1. The van der Waals surface area contributed by atoms with Crippen LogP contribution in [0.5, 0.6) is 0 Å². The van der Waals surface area contributed by atoms with Gasteiger partial charge in [-0.25, -0.2) is 9.48 Å². The number of carbonyl (C=O) groups is 2. The number of carbonyl (C=O) groups excluding carboxylic acids is 2. The largest absolute Gasteiger partial charge is 0.465 e. The van der Waals surface area contributed by atoms with Gasteiger partial charge in [0.2, 0.25) is 0 Å². The number of amides is 1. The Kier molecular flexibility index (Phi) is 7.26. The van der Waals surface area contributed by atoms with Gasteiger partial charge in [0.25, 0.3) is 5.91 Å². The maximum atomic E-state index is 14.0. The molecular formula is C25H24ClF3N4O3. The topological polar surface area (TPSA) is 76.5 Å². The highest BCUT2D eigenvalue weighted by Gasteiger charge is 2.43. The van der Waals surface area contributed by atoms with Crippen LogP contribution in [0.1, 0.15) is 56.9 Å². The average Bonchev–Trinajstić information content (AvgIpc) is 3.26. The van der Waals surface area contributed by atoms with E-state index in [-0.39, 0.29) is 18.9 Å². The normalized spacial score (nSPS) is 14.2. The van der Waals surface area contributed by atoms with Crippen molar-refractivity contribution in [1.82, 2.24) is 15.1 Å². The molecule has 2 heterocycles. The van der Waals surface area contributed by atoms with E-state index in [1.807, 2.05) is 0 Å². The number of alkyl halides is 3. The molecule has 7 nitrogen and oxygen atoms in total. The molecule has 0 saturated heterocycles. The average molecular weight is 521 g/mol. The first kappa shape index (κ1) is 25.6. The molecule has 0 radical (unpaired) electrons. The number of hydrogen-bond acceptors (Lipinski definition) is 5. The lowest BCUT2D eigenvalue weighted by Crippen LogP contribution is -2.35. The van der Waals surface area contributed by atoms with Gasteiger partial charge in [-0.15, -0.1) is 0 Å². The zero-order valence-electron chi connectivity index (χ0n) is 19.6. The Hall–Kier alpha value is -3.53. The summed E-state index contributed by atoms with van der Waals surface area (Å²) in [5, 5.41) is 6.93. The van der Waals surface area contributed by atoms with Crippen LogP contribution in [0.15, 0.2) is 48.5 Å². The summed E-state index contributed by atoms with van der Waals surface area (Å²) in [6.07, 6.45) is -4.25. The van der Waals surface area contributed by atoms with Crippen molar-refractivity contribution in [3.05, 3.63) is 81.5 Å². The van der Waals surface area contributed by atoms with E-state index in [9.17, 15) is 22.8 Å². The number of halogens is 4. The predicted octanol–water partition coefficient (Wildman–Crippen LogP) is 5.24. The SMILES string of the molecule is COC(=O)c1ccc(C(C)NC(=O)c2c(C(F)(F)F)nn3c2N(Cc2ccccc2Cl)CCC3)cc1. The summed E-state index contributed by atoms with van der Waals surface area (Å²) < 4.78 is 47.9. The molecule has 0 bridgehead atoms. The third kappa shape index (κ3) is 5.18. The van der Waals surface area contributed by atoms with Crippen LogP contribution < -0.4 is 10.2 Å². The summed E-state index contributed by atoms with van der Waals surface area (Å²) in [5.74, 6) is -1.29. The monoisotopic (exact) mass is 520 g/mol. The van der Waals surface area contributed by atoms with Crippen LogP contribution in [0.4, 0.5) is 19.0 Å². The van der Waals surface area contributed by atoms with Crippen LogP contribution >= 0.6 is 11.6 Å². The number of aryl methyl sites for hydroxylation is 1. The van der Waals surface area contributed by atoms with E-state index in [4.69, 9.17) is 11.6 Å². The minimum atomic E-state index is -4.82. The molecule has 1 aliphatic heterocycles. The quantitative estimate of drug-likeness (QED) is 0.450. The molecule has 1 N–H and O–H groups in total. The minimum absolute atomic E-state index is 0.110. The minimum Gasteiger partial charge on any atom is -0.465 e. The third-order valence-corrected chi connectivity index (χ3v) is 6.39. The molecule has 2 aromatic carbocycles. The smallest absolute Gasteiger partial charge is 0.436 e. The van der Waals surface area contributed by atoms with E-state index >= 15 is 0 Å². The molecule has 1 unspecified atom stereocenters. The highest BCUT2D eigenvalue weighted by atomic mass is 35.5. The number of methoxy groups -OCH3 is 1. The lowest BCUT2D eigenvalue weighted by molar-refractivity contribution is -0.141. The molecule has 36 heavy (non-hydrogen) atoms. The maximum Gasteiger partial charge on any atom is 0.436 e. The van der Waals surface area contributed by atoms with Gasteiger partial charge in [-0.05, 0) is 42.7 Å². The molecule has 11 heteroatoms. The van der Waals surface area contributed by atoms with Crippen molar-refractivity contribution < 1.29 is 27.5 Å². The van der Waals surface area contributed by atoms with Crippen molar-refractivity contribution in [2.45, 2.75) is 38.7 Å². The zero-order valence-corrected chi connectivity index (χ0v) is 20.4. The molecule has 1 amide bonds. The number of benzene rings is 2. The number of ether oxygens (including phenoxy) is 1. The summed E-state index contributed by atoms with van der Waals surface area (Å²) in [4.78, 5) is 26.7. The Morgan fingerprint density at radius 3 is 2.47 bits per heavy atom. The second-order valence-corrected chi connectivity index (χ2v) is 8.85. The molecule has 1 aliphatic rings. The lowest BCUT2D eigenvalue weighted by Gasteiger charge is -2.31. The second-order valence-electron chi connectivity index (χ2n) is 8.44. The van der Waals surface area contributed by atoms with E-state index < -0.39 is 35.4 Å². The van der Waals surface area contributed by atoms with Crippen molar-refractivity contribution in [2.24, 2.45) is 0 Å². The maximum absolute atomic E-state index is 14.0. The van der Waals surface area contributed by atoms with Crippen molar-refractivity contribution in [1.29, 1.82) is 0 Å². The fourth-order valence-electron chi connectivity index (χ4n) is 4.22. The van der Waals surface area contributed by atoms with Gasteiger partial charge in [0.15, 0.2) is 5.69 Å². The molecule has 0 aliphatic carbocycles. The van der Waals surface area contributed by atoms with Gasteiger partial charge in [0.1, 0.15) is 11.4 Å². The number of rotatable bonds is 6. The Morgan fingerprint density at radius 1 is 1.14 bits per heavy atom. The van der Waals surface area contributed by atoms with Gasteiger partial charge >= 0.3 is 12.1 Å². The zero-order chi connectivity index (χ0) is 26.0. The van der Waals surface area contributed by atoms with E-state index in [1.165, 1.54) is 23.9 Å². The highest BCUT2D eigenvalue weighted by molar-refractivity contribution is 6.31. The predicted molar refractivity (Wildman–Crippen MR) is 128 cm³/mol. The fraction of sp³-hybridized carbons (Fsp3) is 0.320. The number of fused-ring (bicyclic) bond motifs is 1. The Balaban J connectivity index is 1.67. The molecule has 190 valence electrons. The van der Waals surface area contributed by atoms with E-state index in [2.05, 4.69) is 15.2 Å². The molecule has 1 atom stereocenters. The van der Waals surface area contributed by atoms with Gasteiger partial charge in [-0.3, -0.25) is 4.79 Å². The molecule has 0 fully saturated rings. The molecule has 3 aromatic rings. The van der Waals surface area contributed by atoms with Gasteiger partial charge in [-0.1, -0.05) is 41.9 Å². The highest BCUT2D eigenvalue weighted by Crippen LogP contribution is 2.38. The molecule has 4 rings (SSSR count). The molecular weight excluding hydrogens is 497 g/mol. The Labute approximate surface area is 210 Å². The Bertz CT molecular complexity index is 1270. The number of nitrogens with one attached hydrogen (secondary N) is 1. The number of esters is 1. The van der Waals surface area contributed by atoms with Crippen LogP contribution in [0.2, 0.25) is 5.02 Å². The van der Waals surface area contributed by atoms with E-state index in [0.29, 0.717) is 29.1 Å². The first-order valence-corrected chi connectivity index (χ1v) is 11.6. The Morgan fingerprint density at radius 2 is 1.83 bits per heavy atom. The van der Waals surface area contributed by atoms with Crippen molar-refractivity contribution in [2.75, 3.05) is 18.6 Å². The van der Waals surface area contributed by atoms with Crippen molar-refractivity contribution in [3.63, 3.8) is 0 Å². The van der Waals surface area contributed by atoms with Crippen LogP contribution in [-0.2, 0) is 24.0 Å². The van der Waals surface area contributed by atoms with Gasteiger partial charge in [0.05, 0.1) is 18.7 Å². The molecule has 1 aromatic heterocycles. The van der Waals surface area contributed by atoms with Crippen LogP contribution in [0, 0.1) is 0 Å². The number of nitrogens with zero attached hydrogens (tertiary/aromatic N) is 3. The summed E-state index contributed by atoms with van der Waals surface area (Å²) >= 11 is 6.29. The van der Waals surface area contributed by atoms with Crippen LogP contribution in [-0.4, -0.2) is 35.3 Å². The summed E-state index contributed by atoms with van der Waals surface area (Å²) in [5.41, 5.74) is -0.0899. The molecule has 0 spiro atoms. The first-order valence-electron chi connectivity index (χ1n) is 11.3. The lowest BCUT2D eigenvalue weighted by atomic mass is 10.0. The van der Waals surface area contributed by atoms with E-state index in [1.54, 1.807) is 48.2 Å². The fourth-order valence-corrected chi connectivity index (χ4v) is 4.41. The summed E-state index contributed by atoms with van der Waals surface area (Å²) in [6.45, 7) is 2.58. The number of aromatic nitrogens is 2. The summed E-state index contributed by atoms with van der Waals surface area (Å²) in [6, 6.07) is 12.7. The van der Waals surface area contributed by atoms with Crippen molar-refractivity contribution >= 4 is 29.3 Å². The van der Waals surface area contributed by atoms with Crippen molar-refractivity contribution in [3.8, 4) is 0 Å².